The molecule has 21 heavy (non-hydrogen) atoms. The number of ether oxygens (including phenoxy) is 1. The summed E-state index contributed by atoms with van der Waals surface area (Å²) in [6.07, 6.45) is 1.55. The quantitative estimate of drug-likeness (QED) is 0.839. The summed E-state index contributed by atoms with van der Waals surface area (Å²) in [7, 11) is 0. The van der Waals surface area contributed by atoms with Crippen LogP contribution in [-0.2, 0) is 4.74 Å². The van der Waals surface area contributed by atoms with Crippen LogP contribution in [0.15, 0.2) is 53.1 Å². The Morgan fingerprint density at radius 2 is 2.05 bits per heavy atom. The number of rotatable bonds is 2. The molecule has 5 heteroatoms. The van der Waals surface area contributed by atoms with Crippen molar-refractivity contribution in [1.82, 2.24) is 9.88 Å². The van der Waals surface area contributed by atoms with E-state index < -0.39 is 0 Å². The Hall–Kier alpha value is -1.72. The maximum atomic E-state index is 12.4. The molecule has 3 rings (SSSR count). The number of benzene rings is 1. The number of amides is 1. The van der Waals surface area contributed by atoms with Crippen molar-refractivity contribution in [3.8, 4) is 0 Å². The average molecular weight is 347 g/mol. The summed E-state index contributed by atoms with van der Waals surface area (Å²) < 4.78 is 6.82. The molecule has 1 unspecified atom stereocenters. The molecular formula is C16H15BrN2O2. The topological polar surface area (TPSA) is 42.4 Å². The molecule has 1 aliphatic heterocycles. The summed E-state index contributed by atoms with van der Waals surface area (Å²) in [6, 6.07) is 13.4. The van der Waals surface area contributed by atoms with Crippen molar-refractivity contribution >= 4 is 21.8 Å². The molecule has 2 heterocycles. The smallest absolute Gasteiger partial charge is 0.272 e. The molecule has 0 saturated carbocycles. The zero-order valence-electron chi connectivity index (χ0n) is 11.4. The SMILES string of the molecule is O=C(c1ccccn1)N1CCOC(c2ccc(Br)cc2)C1. The van der Waals surface area contributed by atoms with Crippen LogP contribution in [0.25, 0.3) is 0 Å². The van der Waals surface area contributed by atoms with E-state index in [-0.39, 0.29) is 12.0 Å². The molecule has 0 radical (unpaired) electrons. The molecule has 1 atom stereocenters. The Morgan fingerprint density at radius 3 is 2.76 bits per heavy atom. The maximum Gasteiger partial charge on any atom is 0.272 e. The van der Waals surface area contributed by atoms with Gasteiger partial charge in [-0.3, -0.25) is 9.78 Å². The van der Waals surface area contributed by atoms with E-state index in [0.717, 1.165) is 10.0 Å². The molecule has 0 bridgehead atoms. The molecule has 0 aliphatic carbocycles. The van der Waals surface area contributed by atoms with Crippen LogP contribution in [0.5, 0.6) is 0 Å². The van der Waals surface area contributed by atoms with E-state index >= 15 is 0 Å². The third-order valence-electron chi connectivity index (χ3n) is 3.48. The molecule has 4 nitrogen and oxygen atoms in total. The van der Waals surface area contributed by atoms with E-state index in [9.17, 15) is 4.79 Å². The summed E-state index contributed by atoms with van der Waals surface area (Å²) in [5, 5.41) is 0. The summed E-state index contributed by atoms with van der Waals surface area (Å²) in [6.45, 7) is 1.69. The van der Waals surface area contributed by atoms with E-state index in [2.05, 4.69) is 20.9 Å². The van der Waals surface area contributed by atoms with Gasteiger partial charge in [0.1, 0.15) is 11.8 Å². The Morgan fingerprint density at radius 1 is 1.24 bits per heavy atom. The first-order valence-electron chi connectivity index (χ1n) is 6.81. The number of pyridine rings is 1. The van der Waals surface area contributed by atoms with Crippen molar-refractivity contribution in [3.63, 3.8) is 0 Å². The number of hydrogen-bond donors (Lipinski definition) is 0. The normalized spacial score (nSPS) is 18.5. The van der Waals surface area contributed by atoms with Gasteiger partial charge in [-0.15, -0.1) is 0 Å². The fraction of sp³-hybridized carbons (Fsp3) is 0.250. The van der Waals surface area contributed by atoms with Gasteiger partial charge < -0.3 is 9.64 Å². The fourth-order valence-corrected chi connectivity index (χ4v) is 2.63. The molecule has 0 spiro atoms. The van der Waals surface area contributed by atoms with Crippen LogP contribution in [0.4, 0.5) is 0 Å². The van der Waals surface area contributed by atoms with Gasteiger partial charge in [-0.1, -0.05) is 34.1 Å². The van der Waals surface area contributed by atoms with Crippen LogP contribution < -0.4 is 0 Å². The first-order chi connectivity index (χ1) is 10.2. The summed E-state index contributed by atoms with van der Waals surface area (Å²) in [4.78, 5) is 18.4. The predicted molar refractivity (Wildman–Crippen MR) is 83.0 cm³/mol. The highest BCUT2D eigenvalue weighted by Gasteiger charge is 2.26. The third kappa shape index (κ3) is 3.31. The lowest BCUT2D eigenvalue weighted by Gasteiger charge is -2.33. The molecule has 1 aromatic heterocycles. The first kappa shape index (κ1) is 14.2. The van der Waals surface area contributed by atoms with Crippen molar-refractivity contribution < 1.29 is 9.53 Å². The van der Waals surface area contributed by atoms with E-state index in [1.54, 1.807) is 23.2 Å². The van der Waals surface area contributed by atoms with E-state index in [1.165, 1.54) is 0 Å². The van der Waals surface area contributed by atoms with Crippen molar-refractivity contribution in [2.45, 2.75) is 6.10 Å². The highest BCUT2D eigenvalue weighted by atomic mass is 79.9. The lowest BCUT2D eigenvalue weighted by Crippen LogP contribution is -2.42. The number of hydrogen-bond acceptors (Lipinski definition) is 3. The van der Waals surface area contributed by atoms with Crippen molar-refractivity contribution in [3.05, 3.63) is 64.4 Å². The summed E-state index contributed by atoms with van der Waals surface area (Å²) in [5.41, 5.74) is 1.56. The highest BCUT2D eigenvalue weighted by Crippen LogP contribution is 2.24. The number of carbonyl (C=O) groups is 1. The van der Waals surface area contributed by atoms with E-state index in [4.69, 9.17) is 4.74 Å². The first-order valence-corrected chi connectivity index (χ1v) is 7.61. The largest absolute Gasteiger partial charge is 0.370 e. The summed E-state index contributed by atoms with van der Waals surface area (Å²) >= 11 is 3.42. The van der Waals surface area contributed by atoms with Crippen LogP contribution in [-0.4, -0.2) is 35.5 Å². The standard InChI is InChI=1S/C16H15BrN2O2/c17-13-6-4-12(5-7-13)15-11-19(9-10-21-15)16(20)14-3-1-2-8-18-14/h1-8,15H,9-11H2. The Balaban J connectivity index is 1.74. The zero-order chi connectivity index (χ0) is 14.7. The Labute approximate surface area is 131 Å². The number of carbonyl (C=O) groups excluding carboxylic acids is 1. The van der Waals surface area contributed by atoms with Gasteiger partial charge in [-0.25, -0.2) is 0 Å². The number of morpholine rings is 1. The van der Waals surface area contributed by atoms with E-state index in [0.29, 0.717) is 25.4 Å². The van der Waals surface area contributed by atoms with Crippen LogP contribution >= 0.6 is 15.9 Å². The van der Waals surface area contributed by atoms with Gasteiger partial charge in [-0.05, 0) is 29.8 Å². The number of aromatic nitrogens is 1. The maximum absolute atomic E-state index is 12.4. The van der Waals surface area contributed by atoms with Crippen LogP contribution in [0.3, 0.4) is 0 Å². The van der Waals surface area contributed by atoms with Crippen LogP contribution in [0.2, 0.25) is 0 Å². The third-order valence-corrected chi connectivity index (χ3v) is 4.01. The minimum absolute atomic E-state index is 0.0407. The lowest BCUT2D eigenvalue weighted by atomic mass is 10.1. The Bertz CT molecular complexity index is 616. The van der Waals surface area contributed by atoms with Gasteiger partial charge in [0, 0.05) is 17.2 Å². The number of halogens is 1. The Kier molecular flexibility index (Phi) is 4.31. The van der Waals surface area contributed by atoms with Gasteiger partial charge in [0.15, 0.2) is 0 Å². The molecule has 2 aromatic rings. The van der Waals surface area contributed by atoms with Gasteiger partial charge in [0.05, 0.1) is 13.2 Å². The zero-order valence-corrected chi connectivity index (χ0v) is 13.0. The second-order valence-corrected chi connectivity index (χ2v) is 5.79. The molecule has 1 amide bonds. The average Bonchev–Trinajstić information content (AvgIpc) is 2.56. The molecular weight excluding hydrogens is 332 g/mol. The van der Waals surface area contributed by atoms with Gasteiger partial charge in [-0.2, -0.15) is 0 Å². The predicted octanol–water partition coefficient (Wildman–Crippen LogP) is 3.06. The van der Waals surface area contributed by atoms with Crippen molar-refractivity contribution in [1.29, 1.82) is 0 Å². The minimum Gasteiger partial charge on any atom is -0.370 e. The van der Waals surface area contributed by atoms with Crippen molar-refractivity contribution in [2.24, 2.45) is 0 Å². The molecule has 1 saturated heterocycles. The molecule has 0 N–H and O–H groups in total. The number of nitrogens with zero attached hydrogens (tertiary/aromatic N) is 2. The van der Waals surface area contributed by atoms with Gasteiger partial charge in [0.25, 0.3) is 5.91 Å². The molecule has 1 fully saturated rings. The van der Waals surface area contributed by atoms with Gasteiger partial charge in [0.2, 0.25) is 0 Å². The van der Waals surface area contributed by atoms with Crippen LogP contribution in [0, 0.1) is 0 Å². The molecule has 1 aromatic carbocycles. The second-order valence-electron chi connectivity index (χ2n) is 4.88. The van der Waals surface area contributed by atoms with Crippen molar-refractivity contribution in [2.75, 3.05) is 19.7 Å². The van der Waals surface area contributed by atoms with E-state index in [1.807, 2.05) is 30.3 Å². The lowest BCUT2D eigenvalue weighted by molar-refractivity contribution is -0.0230. The molecule has 108 valence electrons. The monoisotopic (exact) mass is 346 g/mol. The van der Waals surface area contributed by atoms with Gasteiger partial charge >= 0.3 is 0 Å². The molecule has 1 aliphatic rings. The highest BCUT2D eigenvalue weighted by molar-refractivity contribution is 9.10. The second kappa shape index (κ2) is 6.37. The van der Waals surface area contributed by atoms with Crippen LogP contribution in [0.1, 0.15) is 22.2 Å². The fourth-order valence-electron chi connectivity index (χ4n) is 2.36. The minimum atomic E-state index is -0.0838. The summed E-state index contributed by atoms with van der Waals surface area (Å²) in [5.74, 6) is -0.0407.